The Morgan fingerprint density at radius 2 is 2.29 bits per heavy atom. The second-order valence-electron chi connectivity index (χ2n) is 3.75. The summed E-state index contributed by atoms with van der Waals surface area (Å²) in [6.45, 7) is 4.32. The summed E-state index contributed by atoms with van der Waals surface area (Å²) in [4.78, 5) is 1.99. The maximum atomic E-state index is 11.3. The molecule has 80 valence electrons. The first kappa shape index (κ1) is 11.5. The minimum atomic E-state index is -2.87. The van der Waals surface area contributed by atoms with Gasteiger partial charge in [-0.15, -0.1) is 0 Å². The molecule has 0 saturated carbocycles. The first-order chi connectivity index (χ1) is 6.50. The fourth-order valence-corrected chi connectivity index (χ4v) is 3.46. The predicted molar refractivity (Wildman–Crippen MR) is 54.5 cm³/mol. The Bertz CT molecular complexity index is 331. The number of hydrogen-bond acceptors (Lipinski definition) is 4. The summed E-state index contributed by atoms with van der Waals surface area (Å²) in [5.41, 5.74) is 0. The Morgan fingerprint density at radius 3 is 2.71 bits per heavy atom. The summed E-state index contributed by atoms with van der Waals surface area (Å²) in [7, 11) is -2.87. The van der Waals surface area contributed by atoms with Crippen molar-refractivity contribution in [3.05, 3.63) is 0 Å². The van der Waals surface area contributed by atoms with Crippen molar-refractivity contribution in [3.8, 4) is 6.07 Å². The van der Waals surface area contributed by atoms with E-state index in [9.17, 15) is 8.42 Å². The van der Waals surface area contributed by atoms with Gasteiger partial charge in [0.1, 0.15) is 0 Å². The van der Waals surface area contributed by atoms with Crippen LogP contribution in [0.3, 0.4) is 0 Å². The molecule has 0 spiro atoms. The van der Waals surface area contributed by atoms with Crippen LogP contribution in [0.25, 0.3) is 0 Å². The molecular formula is C9H16N2O2S. The zero-order valence-electron chi connectivity index (χ0n) is 8.60. The normalized spacial score (nSPS) is 29.4. The number of nitrogens with zero attached hydrogens (tertiary/aromatic N) is 2. The average molecular weight is 216 g/mol. The molecule has 0 aliphatic carbocycles. The molecule has 0 radical (unpaired) electrons. The smallest absolute Gasteiger partial charge is 0.153 e. The van der Waals surface area contributed by atoms with Crippen molar-refractivity contribution in [2.24, 2.45) is 0 Å². The highest BCUT2D eigenvalue weighted by atomic mass is 32.2. The van der Waals surface area contributed by atoms with Gasteiger partial charge in [-0.25, -0.2) is 8.42 Å². The van der Waals surface area contributed by atoms with Gasteiger partial charge in [0, 0.05) is 12.6 Å². The summed E-state index contributed by atoms with van der Waals surface area (Å²) in [5, 5.41) is 8.89. The van der Waals surface area contributed by atoms with E-state index in [1.165, 1.54) is 0 Å². The highest BCUT2D eigenvalue weighted by molar-refractivity contribution is 7.91. The van der Waals surface area contributed by atoms with E-state index in [1.807, 2.05) is 18.7 Å². The van der Waals surface area contributed by atoms with Crippen LogP contribution >= 0.6 is 0 Å². The van der Waals surface area contributed by atoms with Gasteiger partial charge in [0.25, 0.3) is 0 Å². The van der Waals surface area contributed by atoms with Gasteiger partial charge in [-0.2, -0.15) is 5.26 Å². The summed E-state index contributed by atoms with van der Waals surface area (Å²) in [6, 6.07) is 2.04. The molecule has 1 aliphatic rings. The van der Waals surface area contributed by atoms with E-state index in [1.54, 1.807) is 0 Å². The summed E-state index contributed by atoms with van der Waals surface area (Å²) >= 11 is 0. The second-order valence-corrected chi connectivity index (χ2v) is 5.98. The third-order valence-electron chi connectivity index (χ3n) is 2.66. The second kappa shape index (κ2) is 4.28. The fourth-order valence-electron chi connectivity index (χ4n) is 1.87. The van der Waals surface area contributed by atoms with Crippen LogP contribution in [0.4, 0.5) is 0 Å². The monoisotopic (exact) mass is 216 g/mol. The molecule has 0 aromatic carbocycles. The van der Waals surface area contributed by atoms with Crippen molar-refractivity contribution in [3.63, 3.8) is 0 Å². The van der Waals surface area contributed by atoms with E-state index in [4.69, 9.17) is 5.26 Å². The zero-order valence-corrected chi connectivity index (χ0v) is 9.42. The first-order valence-electron chi connectivity index (χ1n) is 4.86. The molecule has 14 heavy (non-hydrogen) atoms. The number of sulfone groups is 1. The molecule has 2 atom stereocenters. The Balaban J connectivity index is 2.72. The van der Waals surface area contributed by atoms with Gasteiger partial charge in [-0.05, 0) is 13.3 Å². The van der Waals surface area contributed by atoms with E-state index < -0.39 is 9.84 Å². The standard InChI is InChI=1S/C9H16N2O2S/c1-3-9(6-10)11-4-5-14(12,13)7-8(11)2/h8-9H,3-5,7H2,1-2H3. The lowest BCUT2D eigenvalue weighted by atomic mass is 10.1. The van der Waals surface area contributed by atoms with E-state index in [2.05, 4.69) is 6.07 Å². The van der Waals surface area contributed by atoms with E-state index in [0.717, 1.165) is 6.42 Å². The lowest BCUT2D eigenvalue weighted by Gasteiger charge is -2.35. The highest BCUT2D eigenvalue weighted by Gasteiger charge is 2.31. The number of hydrogen-bond donors (Lipinski definition) is 0. The molecule has 1 rings (SSSR count). The van der Waals surface area contributed by atoms with Crippen LogP contribution in [-0.4, -0.2) is 43.5 Å². The minimum absolute atomic E-state index is 0.0293. The third-order valence-corrected chi connectivity index (χ3v) is 4.45. The maximum Gasteiger partial charge on any atom is 0.153 e. The summed E-state index contributed by atoms with van der Waals surface area (Å²) < 4.78 is 22.6. The number of rotatable bonds is 2. The summed E-state index contributed by atoms with van der Waals surface area (Å²) in [6.07, 6.45) is 0.751. The average Bonchev–Trinajstić information content (AvgIpc) is 2.09. The molecule has 0 amide bonds. The molecule has 4 nitrogen and oxygen atoms in total. The van der Waals surface area contributed by atoms with E-state index in [-0.39, 0.29) is 23.6 Å². The SMILES string of the molecule is CCC(C#N)N1CCS(=O)(=O)CC1C. The molecule has 2 unspecified atom stereocenters. The molecular weight excluding hydrogens is 200 g/mol. The van der Waals surface area contributed by atoms with Crippen LogP contribution < -0.4 is 0 Å². The molecule has 5 heteroatoms. The largest absolute Gasteiger partial charge is 0.283 e. The molecule has 1 saturated heterocycles. The van der Waals surface area contributed by atoms with Crippen molar-refractivity contribution in [1.82, 2.24) is 4.90 Å². The fraction of sp³-hybridized carbons (Fsp3) is 0.889. The Kier molecular flexibility index (Phi) is 3.51. The minimum Gasteiger partial charge on any atom is -0.283 e. The van der Waals surface area contributed by atoms with Gasteiger partial charge in [0.2, 0.25) is 0 Å². The van der Waals surface area contributed by atoms with Crippen molar-refractivity contribution in [2.75, 3.05) is 18.1 Å². The molecule has 0 aromatic heterocycles. The van der Waals surface area contributed by atoms with Crippen LogP contribution in [-0.2, 0) is 9.84 Å². The van der Waals surface area contributed by atoms with Crippen molar-refractivity contribution in [1.29, 1.82) is 5.26 Å². The van der Waals surface area contributed by atoms with E-state index >= 15 is 0 Å². The van der Waals surface area contributed by atoms with Crippen LogP contribution in [0.5, 0.6) is 0 Å². The molecule has 0 aromatic rings. The quantitative estimate of drug-likeness (QED) is 0.670. The number of nitriles is 1. The Labute approximate surface area is 85.4 Å². The van der Waals surface area contributed by atoms with Gasteiger partial charge in [-0.3, -0.25) is 4.90 Å². The topological polar surface area (TPSA) is 61.2 Å². The van der Waals surface area contributed by atoms with Crippen molar-refractivity contribution in [2.45, 2.75) is 32.4 Å². The van der Waals surface area contributed by atoms with Gasteiger partial charge >= 0.3 is 0 Å². The van der Waals surface area contributed by atoms with Gasteiger partial charge < -0.3 is 0 Å². The van der Waals surface area contributed by atoms with Crippen molar-refractivity contribution >= 4 is 9.84 Å². The summed E-state index contributed by atoms with van der Waals surface area (Å²) in [5.74, 6) is 0.376. The molecule has 1 aliphatic heterocycles. The highest BCUT2D eigenvalue weighted by Crippen LogP contribution is 2.15. The third kappa shape index (κ3) is 2.46. The maximum absolute atomic E-state index is 11.3. The van der Waals surface area contributed by atoms with Crippen LogP contribution in [0.15, 0.2) is 0 Å². The molecule has 0 N–H and O–H groups in total. The first-order valence-corrected chi connectivity index (χ1v) is 6.68. The molecule has 1 fully saturated rings. The Hall–Kier alpha value is -0.600. The lowest BCUT2D eigenvalue weighted by molar-refractivity contribution is 0.187. The van der Waals surface area contributed by atoms with E-state index in [0.29, 0.717) is 6.54 Å². The van der Waals surface area contributed by atoms with Gasteiger partial charge in [0.05, 0.1) is 23.6 Å². The predicted octanol–water partition coefficient (Wildman–Crippen LogP) is 0.407. The van der Waals surface area contributed by atoms with Crippen LogP contribution in [0.1, 0.15) is 20.3 Å². The van der Waals surface area contributed by atoms with Crippen LogP contribution in [0.2, 0.25) is 0 Å². The molecule has 0 bridgehead atoms. The van der Waals surface area contributed by atoms with Crippen molar-refractivity contribution < 1.29 is 8.42 Å². The Morgan fingerprint density at radius 1 is 1.64 bits per heavy atom. The van der Waals surface area contributed by atoms with Crippen LogP contribution in [0, 0.1) is 11.3 Å². The van der Waals surface area contributed by atoms with Gasteiger partial charge in [-0.1, -0.05) is 6.92 Å². The molecule has 1 heterocycles. The van der Waals surface area contributed by atoms with Gasteiger partial charge in [0.15, 0.2) is 9.84 Å². The zero-order chi connectivity index (χ0) is 10.8. The lowest BCUT2D eigenvalue weighted by Crippen LogP contribution is -2.51.